The molecule has 162 valence electrons. The van der Waals surface area contributed by atoms with Crippen LogP contribution in [-0.4, -0.2) is 32.2 Å². The van der Waals surface area contributed by atoms with E-state index in [-0.39, 0.29) is 5.91 Å². The monoisotopic (exact) mass is 429 g/mol. The van der Waals surface area contributed by atoms with Crippen LogP contribution in [0.15, 0.2) is 72.9 Å². The lowest BCUT2D eigenvalue weighted by Crippen LogP contribution is -2.14. The summed E-state index contributed by atoms with van der Waals surface area (Å²) >= 11 is 0. The van der Waals surface area contributed by atoms with Crippen molar-refractivity contribution in [2.75, 3.05) is 32.0 Å². The molecule has 3 aromatic carbocycles. The number of methoxy groups -OCH3 is 3. The number of nitrogens with one attached hydrogen (secondary N) is 2. The van der Waals surface area contributed by atoms with Crippen LogP contribution in [0.3, 0.4) is 0 Å². The summed E-state index contributed by atoms with van der Waals surface area (Å²) in [6.45, 7) is 0. The SMILES string of the molecule is COc1ccc(NC(=O)c2cnc(Nc3ccccc3OC)c3ccccc23)c(OC)c1. The lowest BCUT2D eigenvalue weighted by Gasteiger charge is -2.15. The Labute approximate surface area is 186 Å². The molecule has 1 heterocycles. The van der Waals surface area contributed by atoms with Crippen molar-refractivity contribution < 1.29 is 19.0 Å². The molecule has 0 atom stereocenters. The Bertz CT molecular complexity index is 1270. The third-order valence-electron chi connectivity index (χ3n) is 5.06. The summed E-state index contributed by atoms with van der Waals surface area (Å²) in [5.41, 5.74) is 1.77. The van der Waals surface area contributed by atoms with Crippen molar-refractivity contribution in [3.8, 4) is 17.2 Å². The zero-order chi connectivity index (χ0) is 22.5. The molecule has 0 saturated heterocycles. The van der Waals surface area contributed by atoms with Gasteiger partial charge < -0.3 is 24.8 Å². The highest BCUT2D eigenvalue weighted by atomic mass is 16.5. The highest BCUT2D eigenvalue weighted by molar-refractivity contribution is 6.14. The fraction of sp³-hybridized carbons (Fsp3) is 0.120. The van der Waals surface area contributed by atoms with Crippen molar-refractivity contribution in [3.63, 3.8) is 0 Å². The van der Waals surface area contributed by atoms with Crippen molar-refractivity contribution in [1.82, 2.24) is 4.98 Å². The number of amides is 1. The van der Waals surface area contributed by atoms with E-state index in [1.54, 1.807) is 45.7 Å². The summed E-state index contributed by atoms with van der Waals surface area (Å²) < 4.78 is 16.0. The van der Waals surface area contributed by atoms with Gasteiger partial charge in [-0.05, 0) is 29.7 Å². The first-order chi connectivity index (χ1) is 15.6. The average Bonchev–Trinajstić information content (AvgIpc) is 2.84. The summed E-state index contributed by atoms with van der Waals surface area (Å²) in [5, 5.41) is 7.80. The molecule has 0 aliphatic rings. The molecule has 0 spiro atoms. The predicted octanol–water partition coefficient (Wildman–Crippen LogP) is 5.26. The van der Waals surface area contributed by atoms with Crippen LogP contribution in [0.25, 0.3) is 10.8 Å². The van der Waals surface area contributed by atoms with Crippen molar-refractivity contribution in [2.24, 2.45) is 0 Å². The van der Waals surface area contributed by atoms with Gasteiger partial charge in [-0.2, -0.15) is 0 Å². The summed E-state index contributed by atoms with van der Waals surface area (Å²) in [6.07, 6.45) is 1.56. The van der Waals surface area contributed by atoms with Gasteiger partial charge in [0.2, 0.25) is 0 Å². The number of benzene rings is 3. The molecule has 1 amide bonds. The smallest absolute Gasteiger partial charge is 0.257 e. The van der Waals surface area contributed by atoms with Gasteiger partial charge in [-0.1, -0.05) is 36.4 Å². The van der Waals surface area contributed by atoms with Crippen molar-refractivity contribution in [2.45, 2.75) is 0 Å². The summed E-state index contributed by atoms with van der Waals surface area (Å²) in [7, 11) is 4.73. The van der Waals surface area contributed by atoms with E-state index in [2.05, 4.69) is 15.6 Å². The summed E-state index contributed by atoms with van der Waals surface area (Å²) in [4.78, 5) is 17.7. The van der Waals surface area contributed by atoms with Crippen LogP contribution in [0.2, 0.25) is 0 Å². The van der Waals surface area contributed by atoms with Gasteiger partial charge in [0.1, 0.15) is 23.1 Å². The van der Waals surface area contributed by atoms with E-state index in [0.717, 1.165) is 16.5 Å². The van der Waals surface area contributed by atoms with Crippen LogP contribution < -0.4 is 24.8 Å². The van der Waals surface area contributed by atoms with E-state index >= 15 is 0 Å². The van der Waals surface area contributed by atoms with Gasteiger partial charge in [-0.3, -0.25) is 4.79 Å². The van der Waals surface area contributed by atoms with Gasteiger partial charge in [-0.25, -0.2) is 4.98 Å². The molecule has 4 rings (SSSR count). The van der Waals surface area contributed by atoms with Crippen LogP contribution in [-0.2, 0) is 0 Å². The number of nitrogens with zero attached hydrogens (tertiary/aromatic N) is 1. The lowest BCUT2D eigenvalue weighted by atomic mass is 10.1. The molecule has 0 bridgehead atoms. The number of hydrogen-bond acceptors (Lipinski definition) is 6. The number of ether oxygens (including phenoxy) is 3. The largest absolute Gasteiger partial charge is 0.497 e. The minimum absolute atomic E-state index is 0.291. The molecule has 7 heteroatoms. The second kappa shape index (κ2) is 9.26. The molecule has 7 nitrogen and oxygen atoms in total. The van der Waals surface area contributed by atoms with Gasteiger partial charge in [0, 0.05) is 17.6 Å². The molecule has 4 aromatic rings. The van der Waals surface area contributed by atoms with Crippen LogP contribution in [0.4, 0.5) is 17.2 Å². The number of para-hydroxylation sites is 2. The Kier molecular flexibility index (Phi) is 6.07. The molecule has 0 fully saturated rings. The first-order valence-electron chi connectivity index (χ1n) is 9.95. The quantitative estimate of drug-likeness (QED) is 0.417. The fourth-order valence-electron chi connectivity index (χ4n) is 3.44. The maximum Gasteiger partial charge on any atom is 0.257 e. The van der Waals surface area contributed by atoms with E-state index in [9.17, 15) is 4.79 Å². The van der Waals surface area contributed by atoms with Gasteiger partial charge in [-0.15, -0.1) is 0 Å². The standard InChI is InChI=1S/C25H23N3O4/c1-30-16-12-13-21(23(14-16)32-3)28-25(29)19-15-26-24(18-9-5-4-8-17(18)19)27-20-10-6-7-11-22(20)31-2/h4-15H,1-3H3,(H,26,27)(H,28,29). The fourth-order valence-corrected chi connectivity index (χ4v) is 3.44. The van der Waals surface area contributed by atoms with Crippen LogP contribution in [0, 0.1) is 0 Å². The van der Waals surface area contributed by atoms with E-state index in [0.29, 0.717) is 34.3 Å². The highest BCUT2D eigenvalue weighted by Gasteiger charge is 2.16. The first kappa shape index (κ1) is 21.0. The van der Waals surface area contributed by atoms with Crippen LogP contribution in [0.1, 0.15) is 10.4 Å². The Balaban J connectivity index is 1.69. The van der Waals surface area contributed by atoms with Gasteiger partial charge in [0.25, 0.3) is 5.91 Å². The van der Waals surface area contributed by atoms with Gasteiger partial charge in [0.05, 0.1) is 38.3 Å². The van der Waals surface area contributed by atoms with Gasteiger partial charge in [0.15, 0.2) is 0 Å². The van der Waals surface area contributed by atoms with E-state index in [4.69, 9.17) is 14.2 Å². The second-order valence-electron chi connectivity index (χ2n) is 6.91. The van der Waals surface area contributed by atoms with E-state index < -0.39 is 0 Å². The topological polar surface area (TPSA) is 81.7 Å². The maximum atomic E-state index is 13.1. The number of carbonyl (C=O) groups is 1. The highest BCUT2D eigenvalue weighted by Crippen LogP contribution is 2.33. The van der Waals surface area contributed by atoms with Gasteiger partial charge >= 0.3 is 0 Å². The van der Waals surface area contributed by atoms with Crippen molar-refractivity contribution in [1.29, 1.82) is 0 Å². The van der Waals surface area contributed by atoms with Crippen molar-refractivity contribution in [3.05, 3.63) is 78.5 Å². The summed E-state index contributed by atoms with van der Waals surface area (Å²) in [5.74, 6) is 2.18. The molecule has 1 aromatic heterocycles. The molecule has 2 N–H and O–H groups in total. The van der Waals surface area contributed by atoms with E-state index in [1.165, 1.54) is 0 Å². The number of anilines is 3. The third kappa shape index (κ3) is 4.13. The zero-order valence-corrected chi connectivity index (χ0v) is 18.0. The first-order valence-corrected chi connectivity index (χ1v) is 9.95. The Morgan fingerprint density at radius 2 is 1.50 bits per heavy atom. The van der Waals surface area contributed by atoms with E-state index in [1.807, 2.05) is 48.5 Å². The molecular weight excluding hydrogens is 406 g/mol. The number of aromatic nitrogens is 1. The Morgan fingerprint density at radius 1 is 0.781 bits per heavy atom. The number of fused-ring (bicyclic) bond motifs is 1. The number of carbonyl (C=O) groups excluding carboxylic acids is 1. The molecule has 0 radical (unpaired) electrons. The predicted molar refractivity (Wildman–Crippen MR) is 126 cm³/mol. The van der Waals surface area contributed by atoms with Crippen LogP contribution >= 0.6 is 0 Å². The third-order valence-corrected chi connectivity index (χ3v) is 5.06. The zero-order valence-electron chi connectivity index (χ0n) is 18.0. The number of hydrogen-bond donors (Lipinski definition) is 2. The normalized spacial score (nSPS) is 10.5. The minimum atomic E-state index is -0.291. The second-order valence-corrected chi connectivity index (χ2v) is 6.91. The molecule has 32 heavy (non-hydrogen) atoms. The maximum absolute atomic E-state index is 13.1. The number of pyridine rings is 1. The number of rotatable bonds is 7. The minimum Gasteiger partial charge on any atom is -0.497 e. The molecule has 0 aliphatic heterocycles. The Hall–Kier alpha value is -4.26. The molecule has 0 saturated carbocycles. The molecule has 0 unspecified atom stereocenters. The molecule has 0 aliphatic carbocycles. The summed E-state index contributed by atoms with van der Waals surface area (Å²) in [6, 6.07) is 20.4. The molecular formula is C25H23N3O4. The van der Waals surface area contributed by atoms with Crippen LogP contribution in [0.5, 0.6) is 17.2 Å². The Morgan fingerprint density at radius 3 is 2.25 bits per heavy atom. The lowest BCUT2D eigenvalue weighted by molar-refractivity contribution is 0.102. The van der Waals surface area contributed by atoms with Crippen molar-refractivity contribution >= 4 is 33.9 Å². The average molecular weight is 429 g/mol.